The first-order valence-corrected chi connectivity index (χ1v) is 12.2. The highest BCUT2D eigenvalue weighted by atomic mass is 16.4. The van der Waals surface area contributed by atoms with E-state index in [0.29, 0.717) is 5.56 Å². The zero-order valence-electron chi connectivity index (χ0n) is 21.7. The van der Waals surface area contributed by atoms with Gasteiger partial charge in [-0.3, -0.25) is 19.0 Å². The van der Waals surface area contributed by atoms with Gasteiger partial charge in [0, 0.05) is 5.56 Å². The summed E-state index contributed by atoms with van der Waals surface area (Å²) in [5.74, 6) is -1.00. The van der Waals surface area contributed by atoms with Crippen molar-refractivity contribution in [2.24, 2.45) is 5.92 Å². The summed E-state index contributed by atoms with van der Waals surface area (Å²) >= 11 is 0. The third-order valence-corrected chi connectivity index (χ3v) is 6.34. The lowest BCUT2D eigenvalue weighted by Gasteiger charge is -2.21. The molecule has 2 aromatic heterocycles. The summed E-state index contributed by atoms with van der Waals surface area (Å²) in [5, 5.41) is 10.8. The smallest absolute Gasteiger partial charge is 0.286 e. The summed E-state index contributed by atoms with van der Waals surface area (Å²) in [6.45, 7) is 7.05. The Kier molecular flexibility index (Phi) is 7.52. The monoisotopic (exact) mass is 514 g/mol. The van der Waals surface area contributed by atoms with Crippen LogP contribution in [0, 0.1) is 5.92 Å². The fourth-order valence-corrected chi connectivity index (χ4v) is 4.06. The van der Waals surface area contributed by atoms with Gasteiger partial charge in [0.2, 0.25) is 17.6 Å². The largest absolute Gasteiger partial charge is 0.417 e. The Morgan fingerprint density at radius 1 is 1.03 bits per heavy atom. The standard InChI is InChI=1S/C28H30N6O4/c1-17(2)22(23(36)25-32-33-27(38-25)28(3,4)19-13-9-6-10-14-19)31-21(35)16-34-24(18-11-7-5-8-12-18)30-15-20(29)26(34)37/h5-15,17,22H,16,29H2,1-4H3,(H,31,35)/t22-/m0/s1. The highest BCUT2D eigenvalue weighted by molar-refractivity contribution is 5.98. The van der Waals surface area contributed by atoms with Crippen LogP contribution < -0.4 is 16.6 Å². The molecular weight excluding hydrogens is 484 g/mol. The van der Waals surface area contributed by atoms with Crippen LogP contribution in [0.4, 0.5) is 5.69 Å². The van der Waals surface area contributed by atoms with Gasteiger partial charge in [-0.25, -0.2) is 4.98 Å². The number of aromatic nitrogens is 4. The second-order valence-electron chi connectivity index (χ2n) is 9.85. The van der Waals surface area contributed by atoms with Crippen molar-refractivity contribution in [2.45, 2.75) is 45.7 Å². The number of amides is 1. The zero-order chi connectivity index (χ0) is 27.4. The van der Waals surface area contributed by atoms with Crippen LogP contribution >= 0.6 is 0 Å². The molecular formula is C28H30N6O4. The van der Waals surface area contributed by atoms with Gasteiger partial charge >= 0.3 is 0 Å². The lowest BCUT2D eigenvalue weighted by molar-refractivity contribution is -0.122. The van der Waals surface area contributed by atoms with E-state index in [1.54, 1.807) is 38.1 Å². The number of ketones is 1. The average Bonchev–Trinajstić information content (AvgIpc) is 3.42. The predicted molar refractivity (Wildman–Crippen MR) is 142 cm³/mol. The molecule has 38 heavy (non-hydrogen) atoms. The van der Waals surface area contributed by atoms with Crippen LogP contribution in [0.1, 0.15) is 49.8 Å². The molecule has 1 atom stereocenters. The minimum Gasteiger partial charge on any atom is -0.417 e. The Morgan fingerprint density at radius 2 is 1.66 bits per heavy atom. The molecule has 0 unspecified atom stereocenters. The summed E-state index contributed by atoms with van der Waals surface area (Å²) in [6, 6.07) is 17.6. The molecule has 2 aromatic carbocycles. The Morgan fingerprint density at radius 3 is 2.29 bits per heavy atom. The molecule has 196 valence electrons. The van der Waals surface area contributed by atoms with Crippen molar-refractivity contribution in [2.75, 3.05) is 5.73 Å². The normalized spacial score (nSPS) is 12.3. The van der Waals surface area contributed by atoms with Gasteiger partial charge in [0.25, 0.3) is 11.4 Å². The van der Waals surface area contributed by atoms with E-state index in [2.05, 4.69) is 20.5 Å². The summed E-state index contributed by atoms with van der Waals surface area (Å²) in [4.78, 5) is 43.5. The zero-order valence-corrected chi connectivity index (χ0v) is 21.7. The second kappa shape index (κ2) is 10.8. The molecule has 4 rings (SSSR count). The molecule has 0 spiro atoms. The quantitative estimate of drug-likeness (QED) is 0.324. The molecule has 0 aliphatic heterocycles. The number of hydrogen-bond acceptors (Lipinski definition) is 8. The third kappa shape index (κ3) is 5.39. The number of nitrogens with two attached hydrogens (primary N) is 1. The minimum absolute atomic E-state index is 0.0895. The van der Waals surface area contributed by atoms with Gasteiger partial charge in [-0.1, -0.05) is 74.5 Å². The number of benzene rings is 2. The summed E-state index contributed by atoms with van der Waals surface area (Å²) in [7, 11) is 0. The number of nitrogen functional groups attached to an aromatic ring is 1. The van der Waals surface area contributed by atoms with Gasteiger partial charge in [-0.2, -0.15) is 0 Å². The van der Waals surface area contributed by atoms with Crippen LogP contribution in [0.3, 0.4) is 0 Å². The number of hydrogen-bond donors (Lipinski definition) is 2. The van der Waals surface area contributed by atoms with Crippen LogP contribution in [-0.2, 0) is 16.8 Å². The van der Waals surface area contributed by atoms with Crippen molar-refractivity contribution in [1.29, 1.82) is 0 Å². The maximum atomic E-state index is 13.3. The van der Waals surface area contributed by atoms with Crippen LogP contribution in [0.25, 0.3) is 11.4 Å². The highest BCUT2D eigenvalue weighted by Gasteiger charge is 2.34. The molecule has 0 saturated carbocycles. The third-order valence-electron chi connectivity index (χ3n) is 6.34. The van der Waals surface area contributed by atoms with Gasteiger partial charge < -0.3 is 15.5 Å². The summed E-state index contributed by atoms with van der Waals surface area (Å²) in [6.07, 6.45) is 1.27. The van der Waals surface area contributed by atoms with Crippen molar-refractivity contribution in [3.8, 4) is 11.4 Å². The SMILES string of the molecule is CC(C)[C@H](NC(=O)Cn1c(-c2ccccc2)ncc(N)c1=O)C(=O)c1nnc(C(C)(C)c2ccccc2)o1. The topological polar surface area (TPSA) is 146 Å². The first-order valence-electron chi connectivity index (χ1n) is 12.2. The van der Waals surface area contributed by atoms with E-state index in [4.69, 9.17) is 10.2 Å². The molecule has 0 aliphatic rings. The average molecular weight is 515 g/mol. The lowest BCUT2D eigenvalue weighted by Crippen LogP contribution is -2.46. The van der Waals surface area contributed by atoms with Crippen molar-refractivity contribution in [1.82, 2.24) is 25.1 Å². The van der Waals surface area contributed by atoms with E-state index in [1.807, 2.05) is 50.2 Å². The molecule has 10 nitrogen and oxygen atoms in total. The van der Waals surface area contributed by atoms with Crippen molar-refractivity contribution in [3.05, 3.63) is 94.6 Å². The fourth-order valence-electron chi connectivity index (χ4n) is 4.06. The van der Waals surface area contributed by atoms with Gasteiger partial charge in [-0.05, 0) is 25.3 Å². The van der Waals surface area contributed by atoms with E-state index < -0.39 is 28.7 Å². The van der Waals surface area contributed by atoms with Crippen LogP contribution in [-0.4, -0.2) is 37.5 Å². The van der Waals surface area contributed by atoms with E-state index in [1.165, 1.54) is 10.8 Å². The molecule has 10 heteroatoms. The Balaban J connectivity index is 1.56. The minimum atomic E-state index is -0.958. The Labute approximate surface area is 219 Å². The summed E-state index contributed by atoms with van der Waals surface area (Å²) < 4.78 is 6.99. The molecule has 4 aromatic rings. The molecule has 0 saturated heterocycles. The maximum absolute atomic E-state index is 13.3. The fraction of sp³-hybridized carbons (Fsp3) is 0.286. The lowest BCUT2D eigenvalue weighted by atomic mass is 9.85. The molecule has 0 bridgehead atoms. The van der Waals surface area contributed by atoms with E-state index in [9.17, 15) is 14.4 Å². The maximum Gasteiger partial charge on any atom is 0.286 e. The molecule has 0 radical (unpaired) electrons. The highest BCUT2D eigenvalue weighted by Crippen LogP contribution is 2.30. The number of carbonyl (C=O) groups excluding carboxylic acids is 2. The van der Waals surface area contributed by atoms with E-state index in [-0.39, 0.29) is 35.8 Å². The van der Waals surface area contributed by atoms with Crippen LogP contribution in [0.15, 0.2) is 76.1 Å². The first-order chi connectivity index (χ1) is 18.1. The summed E-state index contributed by atoms with van der Waals surface area (Å²) in [5.41, 5.74) is 6.12. The molecule has 0 aliphatic carbocycles. The number of rotatable bonds is 9. The molecule has 0 fully saturated rings. The Hall–Kier alpha value is -4.60. The van der Waals surface area contributed by atoms with E-state index >= 15 is 0 Å². The number of nitrogens with zero attached hydrogens (tertiary/aromatic N) is 4. The van der Waals surface area contributed by atoms with Crippen molar-refractivity contribution in [3.63, 3.8) is 0 Å². The van der Waals surface area contributed by atoms with Gasteiger partial charge in [-0.15, -0.1) is 10.2 Å². The Bertz CT molecular complexity index is 1490. The van der Waals surface area contributed by atoms with Gasteiger partial charge in [0.15, 0.2) is 0 Å². The van der Waals surface area contributed by atoms with Crippen molar-refractivity contribution >= 4 is 17.4 Å². The predicted octanol–water partition coefficient (Wildman–Crippen LogP) is 3.23. The number of anilines is 1. The molecule has 2 heterocycles. The number of nitrogens with one attached hydrogen (secondary N) is 1. The number of Topliss-reactive ketones (excluding diaryl/α,β-unsaturated/α-hetero) is 1. The van der Waals surface area contributed by atoms with Crippen molar-refractivity contribution < 1.29 is 14.0 Å². The second-order valence-corrected chi connectivity index (χ2v) is 9.85. The van der Waals surface area contributed by atoms with E-state index in [0.717, 1.165) is 5.56 Å². The van der Waals surface area contributed by atoms with Gasteiger partial charge in [0.1, 0.15) is 18.1 Å². The first kappa shape index (κ1) is 26.5. The van der Waals surface area contributed by atoms with Gasteiger partial charge in [0.05, 0.1) is 17.7 Å². The number of carbonyl (C=O) groups is 2. The molecule has 1 amide bonds. The molecule has 3 N–H and O–H groups in total. The van der Waals surface area contributed by atoms with Crippen LogP contribution in [0.2, 0.25) is 0 Å². The van der Waals surface area contributed by atoms with Crippen LogP contribution in [0.5, 0.6) is 0 Å².